The van der Waals surface area contributed by atoms with E-state index in [0.29, 0.717) is 22.9 Å². The smallest absolute Gasteiger partial charge is 0.151 e. The average molecular weight is 292 g/mol. The summed E-state index contributed by atoms with van der Waals surface area (Å²) >= 11 is 9.21. The highest BCUT2D eigenvalue weighted by Gasteiger charge is 2.07. The minimum Gasteiger partial charge on any atom is -0.492 e. The van der Waals surface area contributed by atoms with Crippen LogP contribution in [0.3, 0.4) is 0 Å². The Balaban J connectivity index is 2.80. The van der Waals surface area contributed by atoms with Crippen LogP contribution < -0.4 is 4.74 Å². The van der Waals surface area contributed by atoms with Crippen LogP contribution in [0.25, 0.3) is 0 Å². The predicted molar refractivity (Wildman–Crippen MR) is 64.9 cm³/mol. The summed E-state index contributed by atoms with van der Waals surface area (Å²) in [4.78, 5) is 10.6. The minimum atomic E-state index is 0.416. The van der Waals surface area contributed by atoms with E-state index in [1.54, 1.807) is 12.1 Å². The molecule has 1 aromatic rings. The van der Waals surface area contributed by atoms with Crippen LogP contribution >= 0.6 is 27.5 Å². The lowest BCUT2D eigenvalue weighted by molar-refractivity contribution is 0.112. The molecule has 2 nitrogen and oxygen atoms in total. The van der Waals surface area contributed by atoms with Gasteiger partial charge in [0, 0.05) is 11.6 Å². The number of hydrogen-bond acceptors (Lipinski definition) is 2. The van der Waals surface area contributed by atoms with Gasteiger partial charge >= 0.3 is 0 Å². The quantitative estimate of drug-likeness (QED) is 0.603. The van der Waals surface area contributed by atoms with Gasteiger partial charge in [-0.1, -0.05) is 24.9 Å². The number of carbonyl (C=O) groups excluding carboxylic acids is 1. The maximum Gasteiger partial charge on any atom is 0.151 e. The van der Waals surface area contributed by atoms with E-state index < -0.39 is 0 Å². The second-order valence-electron chi connectivity index (χ2n) is 3.12. The Hall–Kier alpha value is -0.540. The molecule has 0 saturated carbocycles. The van der Waals surface area contributed by atoms with E-state index >= 15 is 0 Å². The molecule has 0 bridgehead atoms. The molecule has 0 saturated heterocycles. The fourth-order valence-electron chi connectivity index (χ4n) is 1.07. The standard InChI is InChI=1S/C11H12BrClO2/c1-2-3-4-15-11-6-10(13)8(7-14)5-9(11)12/h5-7H,2-4H2,1H3. The van der Waals surface area contributed by atoms with Crippen molar-refractivity contribution in [1.29, 1.82) is 0 Å². The SMILES string of the molecule is CCCCOc1cc(Cl)c(C=O)cc1Br. The van der Waals surface area contributed by atoms with Crippen molar-refractivity contribution < 1.29 is 9.53 Å². The van der Waals surface area contributed by atoms with Gasteiger partial charge in [-0.15, -0.1) is 0 Å². The van der Waals surface area contributed by atoms with Crippen LogP contribution in [-0.4, -0.2) is 12.9 Å². The molecule has 1 aromatic carbocycles. The Morgan fingerprint density at radius 2 is 2.27 bits per heavy atom. The van der Waals surface area contributed by atoms with Crippen LogP contribution in [0.5, 0.6) is 5.75 Å². The highest BCUT2D eigenvalue weighted by Crippen LogP contribution is 2.30. The van der Waals surface area contributed by atoms with Crippen LogP contribution in [-0.2, 0) is 0 Å². The Bertz CT molecular complexity index is 353. The molecule has 0 amide bonds. The number of halogens is 2. The number of benzene rings is 1. The predicted octanol–water partition coefficient (Wildman–Crippen LogP) is 4.09. The number of hydrogen-bond donors (Lipinski definition) is 0. The van der Waals surface area contributed by atoms with Crippen molar-refractivity contribution in [3.05, 3.63) is 27.2 Å². The molecule has 0 unspecified atom stereocenters. The topological polar surface area (TPSA) is 26.3 Å². The monoisotopic (exact) mass is 290 g/mol. The Morgan fingerprint density at radius 1 is 1.53 bits per heavy atom. The molecular formula is C11H12BrClO2. The maximum absolute atomic E-state index is 10.6. The largest absolute Gasteiger partial charge is 0.492 e. The number of unbranched alkanes of at least 4 members (excludes halogenated alkanes) is 1. The molecule has 82 valence electrons. The molecule has 4 heteroatoms. The number of ether oxygens (including phenoxy) is 1. The molecule has 0 aromatic heterocycles. The molecule has 0 aliphatic rings. The van der Waals surface area contributed by atoms with Crippen molar-refractivity contribution in [2.24, 2.45) is 0 Å². The Labute approximate surface area is 103 Å². The van der Waals surface area contributed by atoms with Crippen molar-refractivity contribution >= 4 is 33.8 Å². The lowest BCUT2D eigenvalue weighted by Gasteiger charge is -2.08. The van der Waals surface area contributed by atoms with Crippen LogP contribution in [0.1, 0.15) is 30.1 Å². The lowest BCUT2D eigenvalue weighted by atomic mass is 10.2. The van der Waals surface area contributed by atoms with Gasteiger partial charge in [0.05, 0.1) is 16.1 Å². The first-order valence-electron chi connectivity index (χ1n) is 4.76. The van der Waals surface area contributed by atoms with E-state index in [1.807, 2.05) is 0 Å². The molecule has 1 rings (SSSR count). The normalized spacial score (nSPS) is 10.1. The second-order valence-corrected chi connectivity index (χ2v) is 4.39. The van der Waals surface area contributed by atoms with E-state index in [-0.39, 0.29) is 0 Å². The zero-order valence-corrected chi connectivity index (χ0v) is 10.8. The summed E-state index contributed by atoms with van der Waals surface area (Å²) < 4.78 is 6.26. The van der Waals surface area contributed by atoms with Gasteiger partial charge in [-0.25, -0.2) is 0 Å². The number of aldehydes is 1. The van der Waals surface area contributed by atoms with Gasteiger partial charge in [-0.05, 0) is 28.4 Å². The fourth-order valence-corrected chi connectivity index (χ4v) is 1.75. The minimum absolute atomic E-state index is 0.416. The van der Waals surface area contributed by atoms with Crippen molar-refractivity contribution in [3.63, 3.8) is 0 Å². The number of carbonyl (C=O) groups is 1. The van der Waals surface area contributed by atoms with E-state index in [4.69, 9.17) is 16.3 Å². The highest BCUT2D eigenvalue weighted by molar-refractivity contribution is 9.10. The maximum atomic E-state index is 10.6. The molecule has 15 heavy (non-hydrogen) atoms. The summed E-state index contributed by atoms with van der Waals surface area (Å²) in [6.45, 7) is 2.76. The highest BCUT2D eigenvalue weighted by atomic mass is 79.9. The average Bonchev–Trinajstić information content (AvgIpc) is 2.23. The van der Waals surface area contributed by atoms with E-state index in [0.717, 1.165) is 23.6 Å². The zero-order valence-electron chi connectivity index (χ0n) is 8.43. The zero-order chi connectivity index (χ0) is 11.3. The van der Waals surface area contributed by atoms with Crippen LogP contribution in [0.4, 0.5) is 0 Å². The lowest BCUT2D eigenvalue weighted by Crippen LogP contribution is -1.98. The third-order valence-corrected chi connectivity index (χ3v) is 2.88. The molecule has 0 radical (unpaired) electrons. The molecule has 0 aliphatic carbocycles. The van der Waals surface area contributed by atoms with Gasteiger partial charge in [0.2, 0.25) is 0 Å². The van der Waals surface area contributed by atoms with Crippen LogP contribution in [0, 0.1) is 0 Å². The summed E-state index contributed by atoms with van der Waals surface area (Å²) in [6, 6.07) is 3.32. The van der Waals surface area contributed by atoms with Gasteiger partial charge in [0.1, 0.15) is 5.75 Å². The van der Waals surface area contributed by atoms with E-state index in [1.165, 1.54) is 0 Å². The first-order chi connectivity index (χ1) is 7.19. The molecule has 0 fully saturated rings. The van der Waals surface area contributed by atoms with Crippen molar-refractivity contribution in [2.75, 3.05) is 6.61 Å². The van der Waals surface area contributed by atoms with Crippen LogP contribution in [0.15, 0.2) is 16.6 Å². The second kappa shape index (κ2) is 6.13. The first kappa shape index (κ1) is 12.5. The summed E-state index contributed by atoms with van der Waals surface area (Å²) in [7, 11) is 0. The molecular weight excluding hydrogens is 279 g/mol. The molecule has 0 heterocycles. The van der Waals surface area contributed by atoms with Gasteiger partial charge in [-0.3, -0.25) is 4.79 Å². The fraction of sp³-hybridized carbons (Fsp3) is 0.364. The van der Waals surface area contributed by atoms with Gasteiger partial charge < -0.3 is 4.74 Å². The molecule has 0 atom stereocenters. The molecule has 0 spiro atoms. The summed E-state index contributed by atoms with van der Waals surface area (Å²) in [5.41, 5.74) is 0.464. The van der Waals surface area contributed by atoms with Crippen molar-refractivity contribution in [3.8, 4) is 5.75 Å². The van der Waals surface area contributed by atoms with Crippen LogP contribution in [0.2, 0.25) is 5.02 Å². The van der Waals surface area contributed by atoms with Gasteiger partial charge in [0.15, 0.2) is 6.29 Å². The first-order valence-corrected chi connectivity index (χ1v) is 5.93. The van der Waals surface area contributed by atoms with Gasteiger partial charge in [-0.2, -0.15) is 0 Å². The third kappa shape index (κ3) is 3.50. The summed E-state index contributed by atoms with van der Waals surface area (Å²) in [6.07, 6.45) is 2.81. The van der Waals surface area contributed by atoms with E-state index in [2.05, 4.69) is 22.9 Å². The number of rotatable bonds is 5. The van der Waals surface area contributed by atoms with Crippen molar-refractivity contribution in [1.82, 2.24) is 0 Å². The third-order valence-electron chi connectivity index (χ3n) is 1.93. The van der Waals surface area contributed by atoms with Crippen molar-refractivity contribution in [2.45, 2.75) is 19.8 Å². The Kier molecular flexibility index (Phi) is 5.12. The Morgan fingerprint density at radius 3 is 2.87 bits per heavy atom. The summed E-state index contributed by atoms with van der Waals surface area (Å²) in [5.74, 6) is 0.680. The molecule has 0 aliphatic heterocycles. The van der Waals surface area contributed by atoms with E-state index in [9.17, 15) is 4.79 Å². The molecule has 0 N–H and O–H groups in total. The van der Waals surface area contributed by atoms with Gasteiger partial charge in [0.25, 0.3) is 0 Å². The summed E-state index contributed by atoms with van der Waals surface area (Å²) in [5, 5.41) is 0.416.